The van der Waals surface area contributed by atoms with Crippen LogP contribution in [0, 0.1) is 6.92 Å². The lowest BCUT2D eigenvalue weighted by Crippen LogP contribution is -2.17. The highest BCUT2D eigenvalue weighted by Gasteiger charge is 2.14. The van der Waals surface area contributed by atoms with Gasteiger partial charge in [-0.2, -0.15) is 13.9 Å². The number of carbonyl (C=O) groups is 1. The number of ether oxygens (including phenoxy) is 1. The third kappa shape index (κ3) is 4.98. The number of hydrogen-bond donors (Lipinski definition) is 1. The number of rotatable bonds is 6. The van der Waals surface area contributed by atoms with Gasteiger partial charge in [-0.1, -0.05) is 29.8 Å². The zero-order chi connectivity index (χ0) is 19.2. The summed E-state index contributed by atoms with van der Waals surface area (Å²) < 4.78 is 28.5. The van der Waals surface area contributed by atoms with E-state index in [1.165, 1.54) is 29.7 Å². The van der Waals surface area contributed by atoms with Gasteiger partial charge in [0, 0.05) is 5.56 Å². The van der Waals surface area contributed by atoms with Gasteiger partial charge in [0.15, 0.2) is 0 Å². The summed E-state index contributed by atoms with van der Waals surface area (Å²) in [6, 6.07) is 15.8. The fourth-order valence-corrected chi connectivity index (χ4v) is 3.20. The number of thiophene rings is 1. The van der Waals surface area contributed by atoms with E-state index in [9.17, 15) is 13.6 Å². The Balaban J connectivity index is 1.65. The maximum atomic E-state index is 12.4. The van der Waals surface area contributed by atoms with Gasteiger partial charge in [0.2, 0.25) is 0 Å². The maximum absolute atomic E-state index is 12.4. The van der Waals surface area contributed by atoms with Crippen molar-refractivity contribution in [3.8, 4) is 16.9 Å². The molecule has 0 unspecified atom stereocenters. The first-order valence-corrected chi connectivity index (χ1v) is 8.94. The van der Waals surface area contributed by atoms with Crippen molar-refractivity contribution in [3.05, 3.63) is 76.0 Å². The summed E-state index contributed by atoms with van der Waals surface area (Å²) in [4.78, 5) is 13.0. The zero-order valence-electron chi connectivity index (χ0n) is 14.4. The number of nitrogens with zero attached hydrogens (tertiary/aromatic N) is 1. The molecule has 0 atom stereocenters. The van der Waals surface area contributed by atoms with Gasteiger partial charge in [0.05, 0.1) is 6.21 Å². The van der Waals surface area contributed by atoms with Crippen molar-refractivity contribution in [1.29, 1.82) is 0 Å². The topological polar surface area (TPSA) is 50.7 Å². The average molecular weight is 386 g/mol. The minimum absolute atomic E-state index is 0.0625. The highest BCUT2D eigenvalue weighted by atomic mass is 32.1. The Bertz CT molecular complexity index is 935. The molecule has 0 spiro atoms. The molecule has 0 fully saturated rings. The molecule has 0 aliphatic heterocycles. The van der Waals surface area contributed by atoms with Crippen molar-refractivity contribution in [2.45, 2.75) is 13.5 Å². The van der Waals surface area contributed by atoms with Crippen LogP contribution in [0.4, 0.5) is 8.78 Å². The van der Waals surface area contributed by atoms with Gasteiger partial charge in [-0.3, -0.25) is 4.79 Å². The van der Waals surface area contributed by atoms with Crippen LogP contribution in [-0.4, -0.2) is 18.7 Å². The fourth-order valence-electron chi connectivity index (χ4n) is 2.40. The number of nitrogens with one attached hydrogen (secondary N) is 1. The maximum Gasteiger partial charge on any atom is 0.387 e. The van der Waals surface area contributed by atoms with Crippen molar-refractivity contribution in [2.24, 2.45) is 5.10 Å². The Morgan fingerprint density at radius 3 is 2.48 bits per heavy atom. The van der Waals surface area contributed by atoms with E-state index in [0.717, 1.165) is 16.7 Å². The molecule has 2 aromatic carbocycles. The largest absolute Gasteiger partial charge is 0.435 e. The molecule has 0 saturated heterocycles. The molecular weight excluding hydrogens is 370 g/mol. The molecule has 7 heteroatoms. The quantitative estimate of drug-likeness (QED) is 0.474. The molecule has 1 amide bonds. The predicted molar refractivity (Wildman–Crippen MR) is 103 cm³/mol. The number of benzene rings is 2. The third-order valence-electron chi connectivity index (χ3n) is 3.72. The van der Waals surface area contributed by atoms with Crippen molar-refractivity contribution in [3.63, 3.8) is 0 Å². The molecule has 4 nitrogen and oxygen atoms in total. The van der Waals surface area contributed by atoms with Crippen molar-refractivity contribution in [1.82, 2.24) is 5.43 Å². The zero-order valence-corrected chi connectivity index (χ0v) is 15.2. The third-order valence-corrected chi connectivity index (χ3v) is 4.63. The number of carbonyl (C=O) groups excluding carboxylic acids is 1. The van der Waals surface area contributed by atoms with Crippen LogP contribution in [0.1, 0.15) is 20.8 Å². The molecule has 0 aliphatic rings. The molecule has 138 valence electrons. The van der Waals surface area contributed by atoms with Crippen LogP contribution in [0.3, 0.4) is 0 Å². The summed E-state index contributed by atoms with van der Waals surface area (Å²) in [7, 11) is 0. The summed E-state index contributed by atoms with van der Waals surface area (Å²) in [6.07, 6.45) is 1.43. The average Bonchev–Trinajstić information content (AvgIpc) is 3.13. The van der Waals surface area contributed by atoms with Gasteiger partial charge in [-0.05, 0) is 53.8 Å². The molecule has 1 heterocycles. The summed E-state index contributed by atoms with van der Waals surface area (Å²) in [5.74, 6) is -0.248. The molecule has 3 rings (SSSR count). The second kappa shape index (κ2) is 8.55. The SMILES string of the molecule is Cc1ccc(-c2ccsc2C(=O)N/N=C\c2ccc(OC(F)F)cc2)cc1. The van der Waals surface area contributed by atoms with Gasteiger partial charge < -0.3 is 4.74 Å². The van der Waals surface area contributed by atoms with Crippen molar-refractivity contribution in [2.75, 3.05) is 0 Å². The lowest BCUT2D eigenvalue weighted by atomic mass is 10.1. The molecule has 27 heavy (non-hydrogen) atoms. The van der Waals surface area contributed by atoms with Crippen LogP contribution in [0.5, 0.6) is 5.75 Å². The summed E-state index contributed by atoms with van der Waals surface area (Å²) in [5, 5.41) is 5.79. The van der Waals surface area contributed by atoms with Crippen molar-refractivity contribution < 1.29 is 18.3 Å². The van der Waals surface area contributed by atoms with Gasteiger partial charge >= 0.3 is 6.61 Å². The normalized spacial score (nSPS) is 11.1. The first-order valence-electron chi connectivity index (χ1n) is 8.06. The predicted octanol–water partition coefficient (Wildman–Crippen LogP) is 5.09. The fraction of sp³-hybridized carbons (Fsp3) is 0.100. The molecule has 0 aliphatic carbocycles. The number of hydrogen-bond acceptors (Lipinski definition) is 4. The Morgan fingerprint density at radius 1 is 1.11 bits per heavy atom. The Labute approximate surface area is 159 Å². The van der Waals surface area contributed by atoms with E-state index in [2.05, 4.69) is 15.3 Å². The second-order valence-electron chi connectivity index (χ2n) is 5.68. The van der Waals surface area contributed by atoms with E-state index >= 15 is 0 Å². The van der Waals surface area contributed by atoms with Crippen molar-refractivity contribution >= 4 is 23.5 Å². The summed E-state index contributed by atoms with van der Waals surface area (Å²) in [5.41, 5.74) is 6.09. The lowest BCUT2D eigenvalue weighted by molar-refractivity contribution is -0.0498. The van der Waals surface area contributed by atoms with Crippen LogP contribution in [0.2, 0.25) is 0 Å². The highest BCUT2D eigenvalue weighted by molar-refractivity contribution is 7.12. The van der Waals surface area contributed by atoms with E-state index in [1.54, 1.807) is 12.1 Å². The van der Waals surface area contributed by atoms with Gasteiger partial charge in [-0.25, -0.2) is 5.43 Å². The van der Waals surface area contributed by atoms with E-state index < -0.39 is 6.61 Å². The highest BCUT2D eigenvalue weighted by Crippen LogP contribution is 2.28. The smallest absolute Gasteiger partial charge is 0.387 e. The molecule has 0 radical (unpaired) electrons. The molecule has 3 aromatic rings. The number of alkyl halides is 2. The first kappa shape index (κ1) is 18.7. The molecule has 0 bridgehead atoms. The molecular formula is C20H16F2N2O2S. The first-order chi connectivity index (χ1) is 13.0. The van der Waals surface area contributed by atoms with Crippen LogP contribution >= 0.6 is 11.3 Å². The van der Waals surface area contributed by atoms with Crippen LogP contribution in [0.15, 0.2) is 65.1 Å². The van der Waals surface area contributed by atoms with Gasteiger partial charge in [0.1, 0.15) is 10.6 Å². The number of amides is 1. The summed E-state index contributed by atoms with van der Waals surface area (Å²) in [6.45, 7) is -0.858. The van der Waals surface area contributed by atoms with E-state index in [1.807, 2.05) is 42.6 Å². The second-order valence-corrected chi connectivity index (χ2v) is 6.59. The molecule has 1 N–H and O–H groups in total. The van der Waals surface area contributed by atoms with E-state index in [0.29, 0.717) is 10.4 Å². The number of hydrazone groups is 1. The van der Waals surface area contributed by atoms with Gasteiger partial charge in [0.25, 0.3) is 5.91 Å². The van der Waals surface area contributed by atoms with Crippen LogP contribution in [-0.2, 0) is 0 Å². The van der Waals surface area contributed by atoms with Crippen LogP contribution in [0.25, 0.3) is 11.1 Å². The molecule has 0 saturated carbocycles. The minimum Gasteiger partial charge on any atom is -0.435 e. The van der Waals surface area contributed by atoms with Gasteiger partial charge in [-0.15, -0.1) is 11.3 Å². The van der Waals surface area contributed by atoms with Crippen LogP contribution < -0.4 is 10.2 Å². The van der Waals surface area contributed by atoms with E-state index in [-0.39, 0.29) is 11.7 Å². The van der Waals surface area contributed by atoms with E-state index in [4.69, 9.17) is 0 Å². The number of aryl methyl sites for hydroxylation is 1. The Morgan fingerprint density at radius 2 is 1.81 bits per heavy atom. The monoisotopic (exact) mass is 386 g/mol. The molecule has 1 aromatic heterocycles. The standard InChI is InChI=1S/C20H16F2N2O2S/c1-13-2-6-15(7-3-13)17-10-11-27-18(17)19(25)24-23-12-14-4-8-16(9-5-14)26-20(21)22/h2-12,20H,1H3,(H,24,25)/b23-12-. The lowest BCUT2D eigenvalue weighted by Gasteiger charge is -2.04. The Kier molecular flexibility index (Phi) is 5.93. The minimum atomic E-state index is -2.86. The number of halogens is 2. The summed E-state index contributed by atoms with van der Waals surface area (Å²) >= 11 is 1.34. The Hall–Kier alpha value is -3.06.